The monoisotopic (exact) mass is 351 g/mol. The molecule has 0 aliphatic carbocycles. The molecule has 26 heavy (non-hydrogen) atoms. The average molecular weight is 352 g/mol. The lowest BCUT2D eigenvalue weighted by molar-refractivity contribution is 0.164. The van der Waals surface area contributed by atoms with Gasteiger partial charge in [-0.1, -0.05) is 72.6 Å². The number of unbranched alkanes of at least 4 members (excludes halogenated alkanes) is 1. The van der Waals surface area contributed by atoms with Gasteiger partial charge in [-0.2, -0.15) is 0 Å². The summed E-state index contributed by atoms with van der Waals surface area (Å²) in [7, 11) is 0. The maximum absolute atomic E-state index is 4.79. The predicted molar refractivity (Wildman–Crippen MR) is 115 cm³/mol. The molecule has 0 spiro atoms. The van der Waals surface area contributed by atoms with Crippen LogP contribution in [-0.2, 0) is 11.8 Å². The van der Waals surface area contributed by atoms with Gasteiger partial charge < -0.3 is 0 Å². The number of benzene rings is 1. The van der Waals surface area contributed by atoms with Crippen molar-refractivity contribution in [3.8, 4) is 11.3 Å². The van der Waals surface area contributed by atoms with E-state index in [4.69, 9.17) is 4.98 Å². The molecule has 1 unspecified atom stereocenters. The maximum Gasteiger partial charge on any atom is 0.0734 e. The molecule has 0 radical (unpaired) electrons. The van der Waals surface area contributed by atoms with E-state index in [1.165, 1.54) is 35.1 Å². The van der Waals surface area contributed by atoms with E-state index in [1.54, 1.807) is 0 Å². The lowest BCUT2D eigenvalue weighted by atomic mass is 9.59. The van der Waals surface area contributed by atoms with Gasteiger partial charge >= 0.3 is 0 Å². The first kappa shape index (κ1) is 20.7. The van der Waals surface area contributed by atoms with Gasteiger partial charge in [0.1, 0.15) is 0 Å². The topological polar surface area (TPSA) is 12.9 Å². The SMILES string of the molecule is CCCCc1ccc(C(C)(CC)C(C)(C)CC)c(-c2ncccc2C)c1. The molecule has 0 saturated carbocycles. The molecule has 1 nitrogen and oxygen atoms in total. The maximum atomic E-state index is 4.79. The van der Waals surface area contributed by atoms with Gasteiger partial charge in [-0.25, -0.2) is 0 Å². The van der Waals surface area contributed by atoms with Crippen LogP contribution in [0.3, 0.4) is 0 Å². The van der Waals surface area contributed by atoms with Crippen molar-refractivity contribution in [2.45, 2.75) is 86.0 Å². The number of hydrogen-bond donors (Lipinski definition) is 0. The largest absolute Gasteiger partial charge is 0.256 e. The summed E-state index contributed by atoms with van der Waals surface area (Å²) in [6.45, 7) is 16.4. The van der Waals surface area contributed by atoms with Crippen LogP contribution in [0.1, 0.15) is 83.9 Å². The van der Waals surface area contributed by atoms with Crippen molar-refractivity contribution < 1.29 is 0 Å². The first-order valence-electron chi connectivity index (χ1n) is 10.4. The lowest BCUT2D eigenvalue weighted by Crippen LogP contribution is -2.39. The van der Waals surface area contributed by atoms with E-state index >= 15 is 0 Å². The van der Waals surface area contributed by atoms with E-state index in [1.807, 2.05) is 12.3 Å². The molecule has 1 heterocycles. The zero-order valence-electron chi connectivity index (χ0n) is 17.9. The highest BCUT2D eigenvalue weighted by Crippen LogP contribution is 2.49. The third-order valence-electron chi connectivity index (χ3n) is 6.85. The van der Waals surface area contributed by atoms with Gasteiger partial charge in [-0.3, -0.25) is 4.98 Å². The van der Waals surface area contributed by atoms with Gasteiger partial charge in [0.05, 0.1) is 5.69 Å². The Hall–Kier alpha value is -1.63. The Morgan fingerprint density at radius 2 is 1.69 bits per heavy atom. The van der Waals surface area contributed by atoms with Gasteiger partial charge in [0, 0.05) is 11.8 Å². The fourth-order valence-electron chi connectivity index (χ4n) is 4.00. The summed E-state index contributed by atoms with van der Waals surface area (Å²) in [6, 6.07) is 11.4. The minimum Gasteiger partial charge on any atom is -0.256 e. The fourth-order valence-corrected chi connectivity index (χ4v) is 4.00. The lowest BCUT2D eigenvalue weighted by Gasteiger charge is -2.45. The smallest absolute Gasteiger partial charge is 0.0734 e. The summed E-state index contributed by atoms with van der Waals surface area (Å²) in [5.41, 5.74) is 6.97. The van der Waals surface area contributed by atoms with Crippen molar-refractivity contribution >= 4 is 0 Å². The molecule has 1 aromatic carbocycles. The minimum absolute atomic E-state index is 0.115. The van der Waals surface area contributed by atoms with Crippen LogP contribution in [-0.4, -0.2) is 4.98 Å². The molecule has 0 amide bonds. The number of aryl methyl sites for hydroxylation is 2. The van der Waals surface area contributed by atoms with Crippen LogP contribution in [0.5, 0.6) is 0 Å². The third-order valence-corrected chi connectivity index (χ3v) is 6.85. The molecule has 2 rings (SSSR count). The van der Waals surface area contributed by atoms with Crippen molar-refractivity contribution in [2.24, 2.45) is 5.41 Å². The van der Waals surface area contributed by atoms with Crippen molar-refractivity contribution in [3.05, 3.63) is 53.2 Å². The number of rotatable bonds is 8. The van der Waals surface area contributed by atoms with Crippen molar-refractivity contribution in [3.63, 3.8) is 0 Å². The highest BCUT2D eigenvalue weighted by atomic mass is 14.7. The summed E-state index contributed by atoms with van der Waals surface area (Å²) in [4.78, 5) is 4.79. The third kappa shape index (κ3) is 3.87. The summed E-state index contributed by atoms with van der Waals surface area (Å²) < 4.78 is 0. The standard InChI is InChI=1S/C25H37N/c1-8-11-14-20-15-16-22(25(7,10-3)24(5,6)9-2)21(18-20)23-19(4)13-12-17-26-23/h12-13,15-18H,8-11,14H2,1-7H3. The van der Waals surface area contributed by atoms with Crippen molar-refractivity contribution in [1.29, 1.82) is 0 Å². The van der Waals surface area contributed by atoms with Crippen LogP contribution in [0.25, 0.3) is 11.3 Å². The number of pyridine rings is 1. The first-order chi connectivity index (χ1) is 12.3. The van der Waals surface area contributed by atoms with E-state index in [2.05, 4.69) is 72.7 Å². The Morgan fingerprint density at radius 3 is 2.27 bits per heavy atom. The van der Waals surface area contributed by atoms with Crippen LogP contribution in [0.4, 0.5) is 0 Å². The molecule has 1 atom stereocenters. The average Bonchev–Trinajstić information content (AvgIpc) is 2.65. The van der Waals surface area contributed by atoms with Gasteiger partial charge in [-0.05, 0) is 65.8 Å². The number of aromatic nitrogens is 1. The highest BCUT2D eigenvalue weighted by Gasteiger charge is 2.41. The number of nitrogens with zero attached hydrogens (tertiary/aromatic N) is 1. The molecule has 0 aliphatic rings. The van der Waals surface area contributed by atoms with Crippen molar-refractivity contribution in [2.75, 3.05) is 0 Å². The van der Waals surface area contributed by atoms with Crippen LogP contribution < -0.4 is 0 Å². The van der Waals surface area contributed by atoms with Crippen LogP contribution in [0, 0.1) is 12.3 Å². The highest BCUT2D eigenvalue weighted by molar-refractivity contribution is 5.69. The van der Waals surface area contributed by atoms with E-state index in [-0.39, 0.29) is 10.8 Å². The molecule has 0 aliphatic heterocycles. The van der Waals surface area contributed by atoms with Gasteiger partial charge in [0.15, 0.2) is 0 Å². The molecule has 0 saturated heterocycles. The van der Waals surface area contributed by atoms with Crippen LogP contribution in [0.2, 0.25) is 0 Å². The molecule has 2 aromatic rings. The van der Waals surface area contributed by atoms with Gasteiger partial charge in [0.2, 0.25) is 0 Å². The fraction of sp³-hybridized carbons (Fsp3) is 0.560. The summed E-state index contributed by atoms with van der Waals surface area (Å²) in [6.07, 6.45) is 7.84. The Kier molecular flexibility index (Phi) is 6.66. The van der Waals surface area contributed by atoms with Crippen LogP contribution in [0.15, 0.2) is 36.5 Å². The molecule has 0 fully saturated rings. The van der Waals surface area contributed by atoms with Gasteiger partial charge in [-0.15, -0.1) is 0 Å². The molecular formula is C25H37N. The van der Waals surface area contributed by atoms with Crippen molar-refractivity contribution in [1.82, 2.24) is 4.98 Å². The van der Waals surface area contributed by atoms with E-state index in [0.717, 1.165) is 25.0 Å². The number of hydrogen-bond acceptors (Lipinski definition) is 1. The normalized spacial score (nSPS) is 14.3. The quantitative estimate of drug-likeness (QED) is 0.479. The summed E-state index contributed by atoms with van der Waals surface area (Å²) >= 11 is 0. The minimum atomic E-state index is 0.115. The Labute approximate surface area is 161 Å². The van der Waals surface area contributed by atoms with E-state index < -0.39 is 0 Å². The zero-order chi connectivity index (χ0) is 19.4. The Balaban J connectivity index is 2.71. The first-order valence-corrected chi connectivity index (χ1v) is 10.4. The molecular weight excluding hydrogens is 314 g/mol. The molecule has 142 valence electrons. The van der Waals surface area contributed by atoms with E-state index in [9.17, 15) is 0 Å². The molecule has 1 heteroatoms. The summed E-state index contributed by atoms with van der Waals surface area (Å²) in [5.74, 6) is 0. The zero-order valence-corrected chi connectivity index (χ0v) is 17.9. The molecule has 0 bridgehead atoms. The van der Waals surface area contributed by atoms with Gasteiger partial charge in [0.25, 0.3) is 0 Å². The Morgan fingerprint density at radius 1 is 0.962 bits per heavy atom. The summed E-state index contributed by atoms with van der Waals surface area (Å²) in [5, 5.41) is 0. The molecule has 0 N–H and O–H groups in total. The predicted octanol–water partition coefficient (Wildman–Crippen LogP) is 7.50. The second kappa shape index (κ2) is 8.37. The van der Waals surface area contributed by atoms with Crippen LogP contribution >= 0.6 is 0 Å². The second-order valence-corrected chi connectivity index (χ2v) is 8.58. The molecule has 1 aromatic heterocycles. The Bertz CT molecular complexity index is 729. The second-order valence-electron chi connectivity index (χ2n) is 8.58. The van der Waals surface area contributed by atoms with E-state index in [0.29, 0.717) is 0 Å².